The molecule has 1 N–H and O–H groups in total. The Morgan fingerprint density at radius 3 is 2.59 bits per heavy atom. The predicted octanol–water partition coefficient (Wildman–Crippen LogP) is 4.07. The van der Waals surface area contributed by atoms with Crippen molar-refractivity contribution in [1.29, 1.82) is 0 Å². The van der Waals surface area contributed by atoms with Gasteiger partial charge in [0.15, 0.2) is 0 Å². The number of rotatable bonds is 5. The molecule has 0 aliphatic carbocycles. The number of carbonyl (C=O) groups excluding carboxylic acids is 1. The van der Waals surface area contributed by atoms with E-state index >= 15 is 0 Å². The number of aromatic amines is 1. The van der Waals surface area contributed by atoms with E-state index in [9.17, 15) is 9.59 Å². The lowest BCUT2D eigenvalue weighted by Gasteiger charge is -2.23. The molecule has 0 saturated heterocycles. The zero-order valence-corrected chi connectivity index (χ0v) is 16.1. The van der Waals surface area contributed by atoms with Crippen LogP contribution < -0.4 is 5.56 Å². The summed E-state index contributed by atoms with van der Waals surface area (Å²) in [6.45, 7) is 2.59. The van der Waals surface area contributed by atoms with Gasteiger partial charge >= 0.3 is 0 Å². The molecule has 2 heterocycles. The van der Waals surface area contributed by atoms with Crippen LogP contribution in [0, 0.1) is 6.92 Å². The van der Waals surface area contributed by atoms with E-state index in [1.165, 1.54) is 0 Å². The smallest absolute Gasteiger partial charge is 0.254 e. The fourth-order valence-electron chi connectivity index (χ4n) is 3.37. The lowest BCUT2D eigenvalue weighted by Crippen LogP contribution is -2.32. The molecule has 0 bridgehead atoms. The van der Waals surface area contributed by atoms with Gasteiger partial charge in [0.05, 0.1) is 6.54 Å². The quantitative estimate of drug-likeness (QED) is 0.565. The van der Waals surface area contributed by atoms with Gasteiger partial charge in [-0.2, -0.15) is 0 Å². The first-order valence-electron chi connectivity index (χ1n) is 9.46. The molecule has 144 valence electrons. The molecule has 4 rings (SSSR count). The van der Waals surface area contributed by atoms with E-state index in [2.05, 4.69) is 9.97 Å². The van der Waals surface area contributed by atoms with Gasteiger partial charge in [0, 0.05) is 35.6 Å². The normalized spacial score (nSPS) is 10.8. The van der Waals surface area contributed by atoms with Gasteiger partial charge in [0.2, 0.25) is 0 Å². The third kappa shape index (κ3) is 4.24. The Morgan fingerprint density at radius 2 is 1.83 bits per heavy atom. The lowest BCUT2D eigenvalue weighted by molar-refractivity contribution is 0.0729. The fourth-order valence-corrected chi connectivity index (χ4v) is 3.37. The number of pyridine rings is 2. The maximum absolute atomic E-state index is 13.2. The Hall–Kier alpha value is -3.73. The maximum Gasteiger partial charge on any atom is 0.254 e. The van der Waals surface area contributed by atoms with Crippen LogP contribution in [-0.4, -0.2) is 20.8 Å². The molecule has 29 heavy (non-hydrogen) atoms. The van der Waals surface area contributed by atoms with Gasteiger partial charge in [0.25, 0.3) is 11.5 Å². The van der Waals surface area contributed by atoms with Crippen LogP contribution in [-0.2, 0) is 13.1 Å². The minimum absolute atomic E-state index is 0.127. The second-order valence-corrected chi connectivity index (χ2v) is 7.10. The summed E-state index contributed by atoms with van der Waals surface area (Å²) in [7, 11) is 0. The number of aromatic nitrogens is 2. The Kier molecular flexibility index (Phi) is 5.20. The van der Waals surface area contributed by atoms with Crippen molar-refractivity contribution < 1.29 is 4.79 Å². The summed E-state index contributed by atoms with van der Waals surface area (Å²) in [5.41, 5.74) is 3.77. The first-order valence-corrected chi connectivity index (χ1v) is 9.46. The molecule has 0 spiro atoms. The molecular formula is C24H21N3O2. The number of hydrogen-bond donors (Lipinski definition) is 1. The van der Waals surface area contributed by atoms with Crippen molar-refractivity contribution in [2.75, 3.05) is 0 Å². The van der Waals surface area contributed by atoms with Crippen molar-refractivity contribution in [3.63, 3.8) is 0 Å². The maximum atomic E-state index is 13.2. The summed E-state index contributed by atoms with van der Waals surface area (Å²) in [6.07, 6.45) is 3.43. The van der Waals surface area contributed by atoms with E-state index in [0.717, 1.165) is 22.0 Å². The number of benzene rings is 2. The van der Waals surface area contributed by atoms with Gasteiger partial charge in [-0.15, -0.1) is 0 Å². The van der Waals surface area contributed by atoms with Crippen LogP contribution in [0.4, 0.5) is 0 Å². The predicted molar refractivity (Wildman–Crippen MR) is 114 cm³/mol. The molecule has 0 aliphatic rings. The molecular weight excluding hydrogens is 362 g/mol. The number of H-pyrrole nitrogens is 1. The minimum Gasteiger partial charge on any atom is -0.330 e. The number of amides is 1. The standard InChI is InChI=1S/C24H21N3O2/c1-17-9-10-22-20(12-17)13-21(23(28)26-22)16-27(15-18-6-5-11-25-14-18)24(29)19-7-3-2-4-8-19/h2-14H,15-16H2,1H3,(H,26,28). The van der Waals surface area contributed by atoms with Crippen LogP contribution in [0.2, 0.25) is 0 Å². The van der Waals surface area contributed by atoms with Crippen LogP contribution in [0.1, 0.15) is 27.0 Å². The first-order chi connectivity index (χ1) is 14.1. The molecule has 0 aliphatic heterocycles. The Bertz CT molecular complexity index is 1200. The molecule has 4 aromatic rings. The van der Waals surface area contributed by atoms with Crippen molar-refractivity contribution in [2.45, 2.75) is 20.0 Å². The molecule has 0 saturated carbocycles. The average molecular weight is 383 g/mol. The molecule has 0 atom stereocenters. The molecule has 2 aromatic heterocycles. The SMILES string of the molecule is Cc1ccc2[nH]c(=O)c(CN(Cc3cccnc3)C(=O)c3ccccc3)cc2c1. The van der Waals surface area contributed by atoms with Crippen molar-refractivity contribution in [2.24, 2.45) is 0 Å². The Morgan fingerprint density at radius 1 is 1.00 bits per heavy atom. The van der Waals surface area contributed by atoms with Crippen LogP contribution in [0.15, 0.2) is 83.9 Å². The van der Waals surface area contributed by atoms with Gasteiger partial charge in [-0.25, -0.2) is 0 Å². The van der Waals surface area contributed by atoms with E-state index in [1.54, 1.807) is 29.4 Å². The van der Waals surface area contributed by atoms with Crippen molar-refractivity contribution in [3.8, 4) is 0 Å². The van der Waals surface area contributed by atoms with Crippen molar-refractivity contribution in [1.82, 2.24) is 14.9 Å². The number of nitrogens with zero attached hydrogens (tertiary/aromatic N) is 2. The highest BCUT2D eigenvalue weighted by atomic mass is 16.2. The van der Waals surface area contributed by atoms with Gasteiger partial charge in [-0.1, -0.05) is 35.9 Å². The number of aryl methyl sites for hydroxylation is 1. The van der Waals surface area contributed by atoms with Gasteiger partial charge in [-0.05, 0) is 54.3 Å². The van der Waals surface area contributed by atoms with Crippen LogP contribution in [0.5, 0.6) is 0 Å². The van der Waals surface area contributed by atoms with Crippen LogP contribution >= 0.6 is 0 Å². The molecule has 5 heteroatoms. The highest BCUT2D eigenvalue weighted by Crippen LogP contribution is 2.17. The third-order valence-corrected chi connectivity index (χ3v) is 4.84. The molecule has 1 amide bonds. The molecule has 0 fully saturated rings. The van der Waals surface area contributed by atoms with Gasteiger partial charge < -0.3 is 9.88 Å². The van der Waals surface area contributed by atoms with E-state index < -0.39 is 0 Å². The monoisotopic (exact) mass is 383 g/mol. The highest BCUT2D eigenvalue weighted by Gasteiger charge is 2.18. The van der Waals surface area contributed by atoms with Gasteiger partial charge in [0.1, 0.15) is 0 Å². The minimum atomic E-state index is -0.182. The lowest BCUT2D eigenvalue weighted by atomic mass is 10.1. The summed E-state index contributed by atoms with van der Waals surface area (Å²) in [4.78, 5) is 34.6. The average Bonchev–Trinajstić information content (AvgIpc) is 2.75. The second-order valence-electron chi connectivity index (χ2n) is 7.10. The summed E-state index contributed by atoms with van der Waals surface area (Å²) < 4.78 is 0. The molecule has 2 aromatic carbocycles. The molecule has 0 radical (unpaired) electrons. The van der Waals surface area contributed by atoms with E-state index in [0.29, 0.717) is 17.7 Å². The van der Waals surface area contributed by atoms with Crippen LogP contribution in [0.3, 0.4) is 0 Å². The van der Waals surface area contributed by atoms with E-state index in [4.69, 9.17) is 0 Å². The van der Waals surface area contributed by atoms with Crippen LogP contribution in [0.25, 0.3) is 10.9 Å². The summed E-state index contributed by atoms with van der Waals surface area (Å²) in [5.74, 6) is -0.127. The zero-order chi connectivity index (χ0) is 20.2. The van der Waals surface area contributed by atoms with Crippen molar-refractivity contribution >= 4 is 16.8 Å². The Labute approximate surface area is 168 Å². The first kappa shape index (κ1) is 18.6. The van der Waals surface area contributed by atoms with Crippen molar-refractivity contribution in [3.05, 3.63) is 112 Å². The summed E-state index contributed by atoms with van der Waals surface area (Å²) in [5, 5.41) is 0.952. The topological polar surface area (TPSA) is 66.1 Å². The number of nitrogens with one attached hydrogen (secondary N) is 1. The molecule has 5 nitrogen and oxygen atoms in total. The zero-order valence-electron chi connectivity index (χ0n) is 16.1. The summed E-state index contributed by atoms with van der Waals surface area (Å²) >= 11 is 0. The van der Waals surface area contributed by atoms with E-state index in [-0.39, 0.29) is 18.0 Å². The number of carbonyl (C=O) groups is 1. The number of fused-ring (bicyclic) bond motifs is 1. The number of hydrogen-bond acceptors (Lipinski definition) is 3. The van der Waals surface area contributed by atoms with Gasteiger partial charge in [-0.3, -0.25) is 14.6 Å². The third-order valence-electron chi connectivity index (χ3n) is 4.84. The summed E-state index contributed by atoms with van der Waals surface area (Å²) in [6, 6.07) is 20.6. The Balaban J connectivity index is 1.71. The highest BCUT2D eigenvalue weighted by molar-refractivity contribution is 5.94. The second kappa shape index (κ2) is 8.10. The largest absolute Gasteiger partial charge is 0.330 e. The fraction of sp³-hybridized carbons (Fsp3) is 0.125. The van der Waals surface area contributed by atoms with E-state index in [1.807, 2.05) is 61.5 Å². The molecule has 0 unspecified atom stereocenters.